The quantitative estimate of drug-likeness (QED) is 0.364. The van der Waals surface area contributed by atoms with E-state index in [9.17, 15) is 0 Å². The van der Waals surface area contributed by atoms with Gasteiger partial charge >= 0.3 is 0 Å². The summed E-state index contributed by atoms with van der Waals surface area (Å²) in [6, 6.07) is 12.5. The summed E-state index contributed by atoms with van der Waals surface area (Å²) in [6.07, 6.45) is 2.90. The van der Waals surface area contributed by atoms with Crippen molar-refractivity contribution in [1.82, 2.24) is 15.6 Å². The van der Waals surface area contributed by atoms with Gasteiger partial charge in [0.05, 0.1) is 0 Å². The number of halogens is 2. The zero-order valence-electron chi connectivity index (χ0n) is 16.5. The molecule has 152 valence electrons. The van der Waals surface area contributed by atoms with Crippen molar-refractivity contribution in [1.29, 1.82) is 0 Å². The van der Waals surface area contributed by atoms with Crippen LogP contribution in [-0.4, -0.2) is 51.2 Å². The van der Waals surface area contributed by atoms with E-state index in [-0.39, 0.29) is 24.0 Å². The third-order valence-corrected chi connectivity index (χ3v) is 4.89. The molecule has 28 heavy (non-hydrogen) atoms. The van der Waals surface area contributed by atoms with Crippen molar-refractivity contribution in [3.63, 3.8) is 0 Å². The highest BCUT2D eigenvalue weighted by Crippen LogP contribution is 2.23. The molecule has 2 heterocycles. The highest BCUT2D eigenvalue weighted by molar-refractivity contribution is 14.0. The Labute approximate surface area is 189 Å². The van der Waals surface area contributed by atoms with Gasteiger partial charge in [-0.25, -0.2) is 4.98 Å². The Morgan fingerprint density at radius 3 is 2.86 bits per heavy atom. The third-order valence-electron chi connectivity index (χ3n) is 4.65. The van der Waals surface area contributed by atoms with Crippen molar-refractivity contribution in [3.8, 4) is 0 Å². The van der Waals surface area contributed by atoms with Gasteiger partial charge in [0, 0.05) is 63.7 Å². The van der Waals surface area contributed by atoms with Crippen molar-refractivity contribution >= 4 is 53.0 Å². The molecule has 1 unspecified atom stereocenters. The highest BCUT2D eigenvalue weighted by Gasteiger charge is 2.23. The van der Waals surface area contributed by atoms with E-state index in [1.807, 2.05) is 49.5 Å². The van der Waals surface area contributed by atoms with Gasteiger partial charge in [-0.1, -0.05) is 17.7 Å². The number of nitrogens with one attached hydrogen (secondary N) is 2. The normalized spacial score (nSPS) is 16.5. The van der Waals surface area contributed by atoms with Crippen LogP contribution >= 0.6 is 35.6 Å². The molecule has 0 amide bonds. The number of anilines is 2. The highest BCUT2D eigenvalue weighted by atomic mass is 127. The lowest BCUT2D eigenvalue weighted by Gasteiger charge is -2.20. The summed E-state index contributed by atoms with van der Waals surface area (Å²) in [5.41, 5.74) is 2.34. The molecule has 1 aliphatic heterocycles. The lowest BCUT2D eigenvalue weighted by Crippen LogP contribution is -2.44. The number of nitrogens with zero attached hydrogens (tertiary/aromatic N) is 4. The van der Waals surface area contributed by atoms with E-state index in [1.165, 1.54) is 11.3 Å². The average molecular weight is 515 g/mol. The number of pyridine rings is 1. The molecule has 1 aromatic heterocycles. The van der Waals surface area contributed by atoms with E-state index in [0.29, 0.717) is 12.6 Å². The molecule has 0 aliphatic carbocycles. The van der Waals surface area contributed by atoms with Crippen LogP contribution < -0.4 is 20.4 Å². The van der Waals surface area contributed by atoms with Crippen molar-refractivity contribution in [2.45, 2.75) is 19.0 Å². The van der Waals surface area contributed by atoms with E-state index in [0.717, 1.165) is 36.3 Å². The van der Waals surface area contributed by atoms with Crippen LogP contribution in [0.3, 0.4) is 0 Å². The summed E-state index contributed by atoms with van der Waals surface area (Å²) in [6.45, 7) is 2.64. The topological polar surface area (TPSA) is 55.8 Å². The van der Waals surface area contributed by atoms with E-state index in [4.69, 9.17) is 11.6 Å². The van der Waals surface area contributed by atoms with Gasteiger partial charge in [0.1, 0.15) is 5.82 Å². The van der Waals surface area contributed by atoms with Crippen molar-refractivity contribution in [3.05, 3.63) is 53.2 Å². The van der Waals surface area contributed by atoms with Gasteiger partial charge in [-0.15, -0.1) is 24.0 Å². The van der Waals surface area contributed by atoms with E-state index in [2.05, 4.69) is 37.6 Å². The maximum atomic E-state index is 6.12. The molecule has 1 aromatic carbocycles. The van der Waals surface area contributed by atoms with Crippen LogP contribution in [0.2, 0.25) is 5.02 Å². The summed E-state index contributed by atoms with van der Waals surface area (Å²) in [4.78, 5) is 13.1. The van der Waals surface area contributed by atoms with Gasteiger partial charge in [-0.3, -0.25) is 4.99 Å². The van der Waals surface area contributed by atoms with Crippen molar-refractivity contribution < 1.29 is 0 Å². The number of hydrogen-bond donors (Lipinski definition) is 2. The van der Waals surface area contributed by atoms with Gasteiger partial charge in [-0.2, -0.15) is 0 Å². The van der Waals surface area contributed by atoms with Gasteiger partial charge in [0.25, 0.3) is 0 Å². The van der Waals surface area contributed by atoms with Crippen LogP contribution in [-0.2, 0) is 6.54 Å². The summed E-state index contributed by atoms with van der Waals surface area (Å²) >= 11 is 6.12. The molecule has 1 fully saturated rings. The molecule has 2 aromatic rings. The van der Waals surface area contributed by atoms with Crippen LogP contribution in [0.4, 0.5) is 11.5 Å². The molecule has 0 bridgehead atoms. The predicted molar refractivity (Wildman–Crippen MR) is 129 cm³/mol. The Hall–Kier alpha value is -1.74. The van der Waals surface area contributed by atoms with E-state index in [1.54, 1.807) is 7.05 Å². The standard InChI is InChI=1S/C20H27ClN6.HI/c1-22-20(24-13-15-7-9-23-19(11-15)26(2)3)25-17-8-10-27(14-17)18-6-4-5-16(21)12-18;/h4-7,9,11-12,17H,8,10,13-14H2,1-3H3,(H2,22,24,25);1H. The van der Waals surface area contributed by atoms with Crippen LogP contribution in [0, 0.1) is 0 Å². The van der Waals surface area contributed by atoms with Gasteiger partial charge in [-0.05, 0) is 42.3 Å². The number of aromatic nitrogens is 1. The predicted octanol–water partition coefficient (Wildman–Crippen LogP) is 3.36. The molecule has 1 aliphatic rings. The monoisotopic (exact) mass is 514 g/mol. The minimum absolute atomic E-state index is 0. The molecule has 0 radical (unpaired) electrons. The zero-order valence-corrected chi connectivity index (χ0v) is 19.6. The minimum atomic E-state index is 0. The molecule has 1 saturated heterocycles. The lowest BCUT2D eigenvalue weighted by molar-refractivity contribution is 0.648. The molecular formula is C20H28ClIN6. The van der Waals surface area contributed by atoms with Crippen molar-refractivity contribution in [2.75, 3.05) is 44.0 Å². The number of aliphatic imine (C=N–C) groups is 1. The maximum Gasteiger partial charge on any atom is 0.191 e. The molecule has 0 saturated carbocycles. The Kier molecular flexibility index (Phi) is 8.62. The molecule has 6 nitrogen and oxygen atoms in total. The molecule has 3 rings (SSSR count). The Morgan fingerprint density at radius 1 is 1.32 bits per heavy atom. The van der Waals surface area contributed by atoms with Crippen molar-refractivity contribution in [2.24, 2.45) is 4.99 Å². The largest absolute Gasteiger partial charge is 0.369 e. The zero-order chi connectivity index (χ0) is 19.2. The second-order valence-corrected chi connectivity index (χ2v) is 7.33. The summed E-state index contributed by atoms with van der Waals surface area (Å²) < 4.78 is 0. The van der Waals surface area contributed by atoms with Crippen LogP contribution in [0.15, 0.2) is 47.6 Å². The van der Waals surface area contributed by atoms with Gasteiger partial charge < -0.3 is 20.4 Å². The first-order valence-corrected chi connectivity index (χ1v) is 9.53. The summed E-state index contributed by atoms with van der Waals surface area (Å²) in [7, 11) is 5.79. The first-order valence-electron chi connectivity index (χ1n) is 9.15. The summed E-state index contributed by atoms with van der Waals surface area (Å²) in [5.74, 6) is 1.77. The number of rotatable bonds is 5. The number of hydrogen-bond acceptors (Lipinski definition) is 4. The SMILES string of the molecule is CN=C(NCc1ccnc(N(C)C)c1)NC1CCN(c2cccc(Cl)c2)C1.I. The molecular weight excluding hydrogens is 487 g/mol. The van der Waals surface area contributed by atoms with Crippen LogP contribution in [0.1, 0.15) is 12.0 Å². The second-order valence-electron chi connectivity index (χ2n) is 6.90. The Morgan fingerprint density at radius 2 is 2.14 bits per heavy atom. The van der Waals surface area contributed by atoms with E-state index >= 15 is 0 Å². The molecule has 1 atom stereocenters. The second kappa shape index (κ2) is 10.7. The fourth-order valence-corrected chi connectivity index (χ4v) is 3.36. The first-order chi connectivity index (χ1) is 13.0. The Balaban J connectivity index is 0.00000280. The number of benzene rings is 1. The fraction of sp³-hybridized carbons (Fsp3) is 0.400. The van der Waals surface area contributed by atoms with Gasteiger partial charge in [0.15, 0.2) is 5.96 Å². The average Bonchev–Trinajstić information content (AvgIpc) is 3.14. The maximum absolute atomic E-state index is 6.12. The Bertz CT molecular complexity index is 798. The first kappa shape index (κ1) is 22.5. The lowest BCUT2D eigenvalue weighted by atomic mass is 10.2. The fourth-order valence-electron chi connectivity index (χ4n) is 3.17. The smallest absolute Gasteiger partial charge is 0.191 e. The number of guanidine groups is 1. The van der Waals surface area contributed by atoms with Crippen LogP contribution in [0.25, 0.3) is 0 Å². The van der Waals surface area contributed by atoms with E-state index < -0.39 is 0 Å². The third kappa shape index (κ3) is 6.13. The minimum Gasteiger partial charge on any atom is -0.369 e. The molecule has 2 N–H and O–H groups in total. The summed E-state index contributed by atoms with van der Waals surface area (Å²) in [5, 5.41) is 7.70. The molecule has 8 heteroatoms. The van der Waals surface area contributed by atoms with Gasteiger partial charge in [0.2, 0.25) is 0 Å². The van der Waals surface area contributed by atoms with Crippen LogP contribution in [0.5, 0.6) is 0 Å². The molecule has 0 spiro atoms.